The molecule has 0 unspecified atom stereocenters. The number of hydrogen-bond donors (Lipinski definition) is 4. The van der Waals surface area contributed by atoms with Crippen LogP contribution < -0.4 is 16.8 Å². The second kappa shape index (κ2) is 8.63. The molecule has 1 aromatic carbocycles. The number of aliphatic hydroxyl groups is 1. The molecule has 5 heteroatoms. The molecule has 6 N–H and O–H groups in total. The molecule has 1 amide bonds. The molecule has 2 atom stereocenters. The molecule has 5 nitrogen and oxygen atoms in total. The van der Waals surface area contributed by atoms with Gasteiger partial charge in [-0.25, -0.2) is 0 Å². The van der Waals surface area contributed by atoms with Crippen LogP contribution in [0.1, 0.15) is 18.4 Å². The van der Waals surface area contributed by atoms with Crippen molar-refractivity contribution in [3.8, 4) is 0 Å². The Labute approximate surface area is 114 Å². The third-order valence-corrected chi connectivity index (χ3v) is 2.95. The summed E-state index contributed by atoms with van der Waals surface area (Å²) in [4.78, 5) is 11.8. The largest absolute Gasteiger partial charge is 0.394 e. The summed E-state index contributed by atoms with van der Waals surface area (Å²) >= 11 is 0. The Kier molecular flexibility index (Phi) is 7.10. The molecule has 0 heterocycles. The van der Waals surface area contributed by atoms with E-state index in [4.69, 9.17) is 11.5 Å². The van der Waals surface area contributed by atoms with Gasteiger partial charge < -0.3 is 21.9 Å². The molecule has 0 aliphatic rings. The highest BCUT2D eigenvalue weighted by molar-refractivity contribution is 5.81. The summed E-state index contributed by atoms with van der Waals surface area (Å²) in [7, 11) is 0. The van der Waals surface area contributed by atoms with E-state index in [1.807, 2.05) is 30.3 Å². The minimum absolute atomic E-state index is 0.107. The summed E-state index contributed by atoms with van der Waals surface area (Å²) < 4.78 is 0. The molecule has 0 aliphatic heterocycles. The number of nitrogens with one attached hydrogen (secondary N) is 1. The molecule has 0 bridgehead atoms. The lowest BCUT2D eigenvalue weighted by Crippen LogP contribution is -2.47. The van der Waals surface area contributed by atoms with Crippen LogP contribution in [0.15, 0.2) is 30.3 Å². The maximum atomic E-state index is 11.8. The highest BCUT2D eigenvalue weighted by atomic mass is 16.3. The highest BCUT2D eigenvalue weighted by Gasteiger charge is 2.17. The second-order valence-corrected chi connectivity index (χ2v) is 4.62. The Hall–Kier alpha value is -1.43. The zero-order valence-corrected chi connectivity index (χ0v) is 11.1. The first kappa shape index (κ1) is 15.6. The second-order valence-electron chi connectivity index (χ2n) is 4.62. The van der Waals surface area contributed by atoms with Gasteiger partial charge in [-0.3, -0.25) is 4.79 Å². The molecule has 0 aliphatic carbocycles. The third-order valence-electron chi connectivity index (χ3n) is 2.95. The fourth-order valence-corrected chi connectivity index (χ4v) is 1.84. The standard InChI is InChI=1S/C14H23N3O2/c15-8-4-7-13(16)14(19)17-12(10-18)9-11-5-2-1-3-6-11/h1-3,5-6,12-13,18H,4,7-10,15-16H2,(H,17,19)/t12-,13-/m1/s1. The number of carbonyl (C=O) groups is 1. The lowest BCUT2D eigenvalue weighted by Gasteiger charge is -2.19. The van der Waals surface area contributed by atoms with Crippen LogP contribution in [0, 0.1) is 0 Å². The molecule has 1 rings (SSSR count). The summed E-state index contributed by atoms with van der Waals surface area (Å²) in [5.74, 6) is -0.233. The average Bonchev–Trinajstić information content (AvgIpc) is 2.44. The van der Waals surface area contributed by atoms with Gasteiger partial charge in [0.15, 0.2) is 0 Å². The van der Waals surface area contributed by atoms with Crippen molar-refractivity contribution in [2.75, 3.05) is 13.2 Å². The smallest absolute Gasteiger partial charge is 0.237 e. The number of hydrogen-bond acceptors (Lipinski definition) is 4. The quantitative estimate of drug-likeness (QED) is 0.521. The Morgan fingerprint density at radius 3 is 2.58 bits per heavy atom. The van der Waals surface area contributed by atoms with E-state index in [1.165, 1.54) is 0 Å². The van der Waals surface area contributed by atoms with E-state index >= 15 is 0 Å². The number of nitrogens with two attached hydrogens (primary N) is 2. The van der Waals surface area contributed by atoms with E-state index in [0.717, 1.165) is 12.0 Å². The van der Waals surface area contributed by atoms with Gasteiger partial charge in [-0.1, -0.05) is 30.3 Å². The maximum Gasteiger partial charge on any atom is 0.237 e. The van der Waals surface area contributed by atoms with E-state index in [1.54, 1.807) is 0 Å². The normalized spacial score (nSPS) is 13.8. The summed E-state index contributed by atoms with van der Waals surface area (Å²) in [6.07, 6.45) is 1.87. The molecule has 0 saturated heterocycles. The van der Waals surface area contributed by atoms with Crippen molar-refractivity contribution in [1.82, 2.24) is 5.32 Å². The van der Waals surface area contributed by atoms with E-state index in [-0.39, 0.29) is 18.6 Å². The zero-order chi connectivity index (χ0) is 14.1. The summed E-state index contributed by atoms with van der Waals surface area (Å²) in [5, 5.41) is 12.1. The van der Waals surface area contributed by atoms with E-state index in [9.17, 15) is 9.90 Å². The van der Waals surface area contributed by atoms with Crippen molar-refractivity contribution in [3.63, 3.8) is 0 Å². The average molecular weight is 265 g/mol. The fraction of sp³-hybridized carbons (Fsp3) is 0.500. The predicted octanol–water partition coefficient (Wildman–Crippen LogP) is -0.228. The minimum atomic E-state index is -0.562. The van der Waals surface area contributed by atoms with Gasteiger partial charge in [0.1, 0.15) is 0 Å². The molecule has 1 aromatic rings. The Bertz CT molecular complexity index is 370. The molecule has 0 fully saturated rings. The van der Waals surface area contributed by atoms with Gasteiger partial charge in [0.05, 0.1) is 18.7 Å². The number of benzene rings is 1. The van der Waals surface area contributed by atoms with E-state index in [0.29, 0.717) is 19.4 Å². The van der Waals surface area contributed by atoms with Crippen LogP contribution in [0.2, 0.25) is 0 Å². The topological polar surface area (TPSA) is 101 Å². The molecule has 0 aromatic heterocycles. The van der Waals surface area contributed by atoms with Crippen LogP contribution in [0.4, 0.5) is 0 Å². The van der Waals surface area contributed by atoms with Crippen LogP contribution in [-0.4, -0.2) is 36.2 Å². The van der Waals surface area contributed by atoms with E-state index < -0.39 is 6.04 Å². The SMILES string of the molecule is NCCC[C@@H](N)C(=O)N[C@@H](CO)Cc1ccccc1. The first-order valence-corrected chi connectivity index (χ1v) is 6.58. The Morgan fingerprint density at radius 1 is 1.32 bits per heavy atom. The van der Waals surface area contributed by atoms with Gasteiger partial charge in [0, 0.05) is 0 Å². The zero-order valence-electron chi connectivity index (χ0n) is 11.1. The van der Waals surface area contributed by atoms with Crippen molar-refractivity contribution in [2.45, 2.75) is 31.3 Å². The molecule has 19 heavy (non-hydrogen) atoms. The Balaban J connectivity index is 2.45. The number of amides is 1. The van der Waals surface area contributed by atoms with Crippen molar-refractivity contribution >= 4 is 5.91 Å². The molecule has 0 radical (unpaired) electrons. The number of carbonyl (C=O) groups excluding carboxylic acids is 1. The molecule has 0 spiro atoms. The monoisotopic (exact) mass is 265 g/mol. The molecule has 0 saturated carbocycles. The van der Waals surface area contributed by atoms with Crippen molar-refractivity contribution in [2.24, 2.45) is 11.5 Å². The van der Waals surface area contributed by atoms with Crippen molar-refractivity contribution in [3.05, 3.63) is 35.9 Å². The van der Waals surface area contributed by atoms with Gasteiger partial charge in [0.25, 0.3) is 0 Å². The molecular weight excluding hydrogens is 242 g/mol. The van der Waals surface area contributed by atoms with Crippen molar-refractivity contribution in [1.29, 1.82) is 0 Å². The molecular formula is C14H23N3O2. The van der Waals surface area contributed by atoms with Crippen LogP contribution in [-0.2, 0) is 11.2 Å². The highest BCUT2D eigenvalue weighted by Crippen LogP contribution is 2.03. The lowest BCUT2D eigenvalue weighted by molar-refractivity contribution is -0.123. The minimum Gasteiger partial charge on any atom is -0.394 e. The lowest BCUT2D eigenvalue weighted by atomic mass is 10.1. The van der Waals surface area contributed by atoms with Gasteiger partial charge >= 0.3 is 0 Å². The van der Waals surface area contributed by atoms with Gasteiger partial charge in [-0.2, -0.15) is 0 Å². The summed E-state index contributed by atoms with van der Waals surface area (Å²) in [6, 6.07) is 8.84. The molecule has 106 valence electrons. The van der Waals surface area contributed by atoms with Crippen LogP contribution in [0.3, 0.4) is 0 Å². The number of rotatable bonds is 8. The van der Waals surface area contributed by atoms with Gasteiger partial charge in [-0.05, 0) is 31.4 Å². The fourth-order valence-electron chi connectivity index (χ4n) is 1.84. The van der Waals surface area contributed by atoms with Crippen molar-refractivity contribution < 1.29 is 9.90 Å². The van der Waals surface area contributed by atoms with Gasteiger partial charge in [-0.15, -0.1) is 0 Å². The predicted molar refractivity (Wildman–Crippen MR) is 75.4 cm³/mol. The van der Waals surface area contributed by atoms with Crippen LogP contribution >= 0.6 is 0 Å². The Morgan fingerprint density at radius 2 is 2.00 bits per heavy atom. The first-order chi connectivity index (χ1) is 9.17. The first-order valence-electron chi connectivity index (χ1n) is 6.58. The maximum absolute atomic E-state index is 11.8. The summed E-state index contributed by atoms with van der Waals surface area (Å²) in [5.41, 5.74) is 12.2. The number of aliphatic hydroxyl groups excluding tert-OH is 1. The van der Waals surface area contributed by atoms with E-state index in [2.05, 4.69) is 5.32 Å². The van der Waals surface area contributed by atoms with Gasteiger partial charge in [0.2, 0.25) is 5.91 Å². The third kappa shape index (κ3) is 5.83. The summed E-state index contributed by atoms with van der Waals surface area (Å²) in [6.45, 7) is 0.415. The van der Waals surface area contributed by atoms with Crippen LogP contribution in [0.25, 0.3) is 0 Å². The van der Waals surface area contributed by atoms with Crippen LogP contribution in [0.5, 0.6) is 0 Å².